The predicted octanol–water partition coefficient (Wildman–Crippen LogP) is 3.54. The summed E-state index contributed by atoms with van der Waals surface area (Å²) in [5.74, 6) is 0. The van der Waals surface area contributed by atoms with Crippen molar-refractivity contribution in [3.63, 3.8) is 0 Å². The quantitative estimate of drug-likeness (QED) is 0.901. The maximum atomic E-state index is 12.0. The van der Waals surface area contributed by atoms with Crippen LogP contribution in [0.4, 0.5) is 4.39 Å². The Kier molecular flexibility index (Phi) is 6.33. The number of halogens is 3. The second kappa shape index (κ2) is 6.38. The minimum Gasteiger partial charge on any atom is -0.324 e. The van der Waals surface area contributed by atoms with Crippen molar-refractivity contribution < 1.29 is 4.39 Å². The number of alkyl halides is 1. The van der Waals surface area contributed by atoms with Crippen LogP contribution in [0.25, 0.3) is 0 Å². The third-order valence-electron chi connectivity index (χ3n) is 1.98. The van der Waals surface area contributed by atoms with E-state index < -0.39 is 0 Å². The molecule has 1 nitrogen and oxygen atoms in total. The van der Waals surface area contributed by atoms with Crippen molar-refractivity contribution in [2.75, 3.05) is 6.67 Å². The van der Waals surface area contributed by atoms with Gasteiger partial charge in [0.1, 0.15) is 0 Å². The first kappa shape index (κ1) is 13.9. The summed E-state index contributed by atoms with van der Waals surface area (Å²) in [4.78, 5) is 0. The molecule has 0 amide bonds. The average molecular weight is 283 g/mol. The molecule has 0 radical (unpaired) electrons. The van der Waals surface area contributed by atoms with Gasteiger partial charge in [0.05, 0.1) is 6.67 Å². The number of rotatable bonds is 3. The van der Waals surface area contributed by atoms with E-state index in [1.165, 1.54) is 5.56 Å². The first-order valence-corrected chi connectivity index (χ1v) is 5.02. The lowest BCUT2D eigenvalue weighted by molar-refractivity contribution is 0.441. The van der Waals surface area contributed by atoms with Crippen LogP contribution in [0.3, 0.4) is 0 Å². The molecule has 0 aliphatic rings. The van der Waals surface area contributed by atoms with Crippen LogP contribution in [0.15, 0.2) is 22.7 Å². The Bertz CT molecular complexity index is 293. The van der Waals surface area contributed by atoms with Gasteiger partial charge < -0.3 is 5.73 Å². The van der Waals surface area contributed by atoms with E-state index in [0.717, 1.165) is 10.0 Å². The Balaban J connectivity index is 0.00000169. The maximum Gasteiger partial charge on any atom is 0.0912 e. The molecule has 80 valence electrons. The van der Waals surface area contributed by atoms with Gasteiger partial charge in [-0.05, 0) is 30.5 Å². The van der Waals surface area contributed by atoms with Crippen molar-refractivity contribution in [1.82, 2.24) is 0 Å². The lowest BCUT2D eigenvalue weighted by Gasteiger charge is -2.12. The molecular formula is C10H14BrClFN. The van der Waals surface area contributed by atoms with Crippen LogP contribution in [0, 0.1) is 6.92 Å². The van der Waals surface area contributed by atoms with E-state index in [-0.39, 0.29) is 25.1 Å². The highest BCUT2D eigenvalue weighted by atomic mass is 79.9. The van der Waals surface area contributed by atoms with Gasteiger partial charge in [-0.2, -0.15) is 0 Å². The Morgan fingerprint density at radius 1 is 1.50 bits per heavy atom. The lowest BCUT2D eigenvalue weighted by Crippen LogP contribution is -2.11. The molecule has 0 bridgehead atoms. The molecule has 1 atom stereocenters. The van der Waals surface area contributed by atoms with E-state index >= 15 is 0 Å². The number of hydrogen-bond donors (Lipinski definition) is 1. The first-order valence-electron chi connectivity index (χ1n) is 4.22. The molecule has 0 heterocycles. The van der Waals surface area contributed by atoms with E-state index in [2.05, 4.69) is 15.9 Å². The Morgan fingerprint density at radius 3 is 2.64 bits per heavy atom. The van der Waals surface area contributed by atoms with Gasteiger partial charge in [-0.3, -0.25) is 4.39 Å². The number of hydrogen-bond acceptors (Lipinski definition) is 1. The number of nitrogens with two attached hydrogens (primary N) is 1. The fourth-order valence-corrected chi connectivity index (χ4v) is 1.99. The molecule has 1 aromatic rings. The van der Waals surface area contributed by atoms with Gasteiger partial charge in [0.25, 0.3) is 0 Å². The summed E-state index contributed by atoms with van der Waals surface area (Å²) in [5, 5.41) is 0. The molecule has 0 spiro atoms. The molecular weight excluding hydrogens is 268 g/mol. The fraction of sp³-hybridized carbons (Fsp3) is 0.400. The predicted molar refractivity (Wildman–Crippen MR) is 63.6 cm³/mol. The topological polar surface area (TPSA) is 26.0 Å². The average Bonchev–Trinajstić information content (AvgIpc) is 2.04. The summed E-state index contributed by atoms with van der Waals surface area (Å²) in [7, 11) is 0. The van der Waals surface area contributed by atoms with Crippen molar-refractivity contribution in [3.8, 4) is 0 Å². The maximum absolute atomic E-state index is 12.0. The van der Waals surface area contributed by atoms with E-state index in [1.807, 2.05) is 25.1 Å². The highest BCUT2D eigenvalue weighted by molar-refractivity contribution is 9.10. The molecule has 0 unspecified atom stereocenters. The number of aryl methyl sites for hydroxylation is 1. The standard InChI is InChI=1S/C10H13BrFN.ClH/c1-7-2-3-8(9(11)6-7)10(13)4-5-12;/h2-3,6,10H,4-5,13H2,1H3;1H/t10-;/m1./s1. The smallest absolute Gasteiger partial charge is 0.0912 e. The van der Waals surface area contributed by atoms with Gasteiger partial charge in [0.15, 0.2) is 0 Å². The molecule has 14 heavy (non-hydrogen) atoms. The lowest BCUT2D eigenvalue weighted by atomic mass is 10.0. The second-order valence-electron chi connectivity index (χ2n) is 3.11. The summed E-state index contributed by atoms with van der Waals surface area (Å²) in [6.45, 7) is 1.64. The minimum absolute atomic E-state index is 0. The van der Waals surface area contributed by atoms with Crippen molar-refractivity contribution in [3.05, 3.63) is 33.8 Å². The van der Waals surface area contributed by atoms with Crippen LogP contribution >= 0.6 is 28.3 Å². The SMILES string of the molecule is Cc1ccc([C@H](N)CCF)c(Br)c1.Cl. The van der Waals surface area contributed by atoms with E-state index in [4.69, 9.17) is 5.73 Å². The van der Waals surface area contributed by atoms with Crippen molar-refractivity contribution >= 4 is 28.3 Å². The van der Waals surface area contributed by atoms with Crippen LogP contribution in [0.5, 0.6) is 0 Å². The zero-order valence-electron chi connectivity index (χ0n) is 7.97. The van der Waals surface area contributed by atoms with E-state index in [1.54, 1.807) is 0 Å². The Hall–Kier alpha value is -0.120. The van der Waals surface area contributed by atoms with Crippen LogP contribution in [0.2, 0.25) is 0 Å². The minimum atomic E-state index is -0.374. The zero-order valence-corrected chi connectivity index (χ0v) is 10.4. The molecule has 0 aliphatic heterocycles. The number of benzene rings is 1. The van der Waals surface area contributed by atoms with E-state index in [9.17, 15) is 4.39 Å². The van der Waals surface area contributed by atoms with Gasteiger partial charge in [0.2, 0.25) is 0 Å². The van der Waals surface area contributed by atoms with Gasteiger partial charge >= 0.3 is 0 Å². The molecule has 2 N–H and O–H groups in total. The molecule has 0 saturated heterocycles. The van der Waals surface area contributed by atoms with Gasteiger partial charge in [-0.25, -0.2) is 0 Å². The van der Waals surface area contributed by atoms with Gasteiger partial charge in [-0.15, -0.1) is 12.4 Å². The summed E-state index contributed by atoms with van der Waals surface area (Å²) in [6, 6.07) is 5.71. The Morgan fingerprint density at radius 2 is 2.14 bits per heavy atom. The van der Waals surface area contributed by atoms with Crippen LogP contribution in [0.1, 0.15) is 23.6 Å². The van der Waals surface area contributed by atoms with Crippen molar-refractivity contribution in [2.24, 2.45) is 5.73 Å². The molecule has 4 heteroatoms. The molecule has 0 aromatic heterocycles. The second-order valence-corrected chi connectivity index (χ2v) is 3.96. The highest BCUT2D eigenvalue weighted by Crippen LogP contribution is 2.24. The Labute approximate surface area is 98.4 Å². The zero-order chi connectivity index (χ0) is 9.84. The summed E-state index contributed by atoms with van der Waals surface area (Å²) >= 11 is 3.42. The third kappa shape index (κ3) is 3.56. The van der Waals surface area contributed by atoms with Gasteiger partial charge in [-0.1, -0.05) is 28.1 Å². The van der Waals surface area contributed by atoms with Crippen LogP contribution in [-0.2, 0) is 0 Å². The third-order valence-corrected chi connectivity index (χ3v) is 2.66. The van der Waals surface area contributed by atoms with Crippen LogP contribution in [-0.4, -0.2) is 6.67 Å². The molecule has 0 aliphatic carbocycles. The fourth-order valence-electron chi connectivity index (χ4n) is 1.21. The summed E-state index contributed by atoms with van der Waals surface area (Å²) in [6.07, 6.45) is 0.377. The first-order chi connectivity index (χ1) is 6.15. The summed E-state index contributed by atoms with van der Waals surface area (Å²) < 4.78 is 13.0. The monoisotopic (exact) mass is 281 g/mol. The van der Waals surface area contributed by atoms with Crippen molar-refractivity contribution in [2.45, 2.75) is 19.4 Å². The van der Waals surface area contributed by atoms with Crippen molar-refractivity contribution in [1.29, 1.82) is 0 Å². The highest BCUT2D eigenvalue weighted by Gasteiger charge is 2.08. The molecule has 0 saturated carbocycles. The van der Waals surface area contributed by atoms with Crippen LogP contribution < -0.4 is 5.73 Å². The molecule has 1 aromatic carbocycles. The van der Waals surface area contributed by atoms with E-state index in [0.29, 0.717) is 6.42 Å². The molecule has 0 fully saturated rings. The summed E-state index contributed by atoms with van der Waals surface area (Å²) in [5.41, 5.74) is 7.93. The largest absolute Gasteiger partial charge is 0.324 e. The molecule has 1 rings (SSSR count). The normalized spacial score (nSPS) is 12.0. The van der Waals surface area contributed by atoms with Gasteiger partial charge in [0, 0.05) is 10.5 Å².